The van der Waals surface area contributed by atoms with Gasteiger partial charge < -0.3 is 55.5 Å². The second-order valence-corrected chi connectivity index (χ2v) is 14.8. The van der Waals surface area contributed by atoms with Crippen LogP contribution in [0.15, 0.2) is 42.4 Å². The quantitative estimate of drug-likeness (QED) is 0.0444. The smallest absolute Gasteiger partial charge is 0.455 e. The molecule has 0 saturated carbocycles. The maximum atomic E-state index is 13.4. The minimum atomic E-state index is -5.22. The van der Waals surface area contributed by atoms with Gasteiger partial charge in [0.25, 0.3) is 0 Å². The first-order chi connectivity index (χ1) is 25.9. The molecule has 55 heavy (non-hydrogen) atoms. The van der Waals surface area contributed by atoms with E-state index in [0.717, 1.165) is 15.8 Å². The molecule has 0 radical (unpaired) electrons. The number of phosphoric ester groups is 2. The van der Waals surface area contributed by atoms with Crippen molar-refractivity contribution in [2.24, 2.45) is 0 Å². The third-order valence-corrected chi connectivity index (χ3v) is 10.0. The summed E-state index contributed by atoms with van der Waals surface area (Å²) in [5.41, 5.74) is 10.8. The van der Waals surface area contributed by atoms with E-state index in [1.807, 2.05) is 0 Å². The van der Waals surface area contributed by atoms with Gasteiger partial charge in [0.1, 0.15) is 48.3 Å². The number of carbonyl (C=O) groups excluding carboxylic acids is 2. The zero-order valence-corrected chi connectivity index (χ0v) is 30.7. The van der Waals surface area contributed by atoms with Crippen molar-refractivity contribution >= 4 is 50.3 Å². The number of carbonyl (C=O) groups is 2. The first-order valence-electron chi connectivity index (χ1n) is 16.2. The number of phosphoric acid groups is 2. The first kappa shape index (κ1) is 41.9. The monoisotopic (exact) mass is 819 g/mol. The van der Waals surface area contributed by atoms with Gasteiger partial charge >= 0.3 is 27.3 Å². The zero-order valence-electron chi connectivity index (χ0n) is 28.9. The Labute approximate surface area is 310 Å². The lowest BCUT2D eigenvalue weighted by Crippen LogP contribution is -2.49. The van der Waals surface area contributed by atoms with Gasteiger partial charge in [-0.3, -0.25) is 27.5 Å². The number of nitrogens with two attached hydrogens (primary N) is 2. The molecule has 9 atom stereocenters. The SMILES string of the molecule is C=CCCC(=O)N(C)C(CO)C(=O)O[C@H]1[C@@H](O)[C@H](n2cnc3c(N)ncnc32)O[C@@H]1COP(=O)(O)O[C@H]1C[C@H](n2ccc(N)nc2=O)O[C@@H]1COP(=O)(O)O. The van der Waals surface area contributed by atoms with E-state index in [0.29, 0.717) is 0 Å². The van der Waals surface area contributed by atoms with Crippen LogP contribution in [0.3, 0.4) is 0 Å². The molecule has 2 unspecified atom stereocenters. The molecule has 25 nitrogen and oxygen atoms in total. The number of anilines is 2. The fourth-order valence-corrected chi connectivity index (χ4v) is 7.05. The number of imidazole rings is 1. The number of ether oxygens (including phenoxy) is 3. The van der Waals surface area contributed by atoms with Gasteiger partial charge in [0.15, 0.2) is 29.8 Å². The molecule has 2 saturated heterocycles. The first-order valence-corrected chi connectivity index (χ1v) is 19.3. The van der Waals surface area contributed by atoms with E-state index >= 15 is 0 Å². The van der Waals surface area contributed by atoms with Gasteiger partial charge in [0.2, 0.25) is 5.91 Å². The summed E-state index contributed by atoms with van der Waals surface area (Å²) in [5, 5.41) is 21.5. The summed E-state index contributed by atoms with van der Waals surface area (Å²) < 4.78 is 59.2. The average molecular weight is 820 g/mol. The molecule has 3 aromatic rings. The summed E-state index contributed by atoms with van der Waals surface area (Å²) in [4.78, 5) is 84.3. The van der Waals surface area contributed by atoms with Crippen LogP contribution in [-0.2, 0) is 46.5 Å². The lowest BCUT2D eigenvalue weighted by atomic mass is 10.1. The highest BCUT2D eigenvalue weighted by molar-refractivity contribution is 7.47. The largest absolute Gasteiger partial charge is 0.472 e. The van der Waals surface area contributed by atoms with Crippen LogP contribution in [0.25, 0.3) is 11.2 Å². The molecule has 5 rings (SSSR count). The molecule has 5 heterocycles. The Morgan fingerprint density at radius 1 is 1.13 bits per heavy atom. The lowest BCUT2D eigenvalue weighted by molar-refractivity contribution is -0.166. The van der Waals surface area contributed by atoms with Crippen molar-refractivity contribution in [3.63, 3.8) is 0 Å². The van der Waals surface area contributed by atoms with E-state index < -0.39 is 102 Å². The van der Waals surface area contributed by atoms with E-state index in [9.17, 15) is 48.4 Å². The van der Waals surface area contributed by atoms with Crippen LogP contribution in [0.5, 0.6) is 0 Å². The average Bonchev–Trinajstić information content (AvgIpc) is 3.81. The maximum absolute atomic E-state index is 13.4. The van der Waals surface area contributed by atoms with Crippen molar-refractivity contribution in [3.8, 4) is 0 Å². The van der Waals surface area contributed by atoms with Crippen molar-refractivity contribution in [2.75, 3.05) is 38.3 Å². The van der Waals surface area contributed by atoms with Gasteiger partial charge in [-0.05, 0) is 12.5 Å². The number of esters is 1. The van der Waals surface area contributed by atoms with Crippen molar-refractivity contribution in [1.29, 1.82) is 0 Å². The topological polar surface area (TPSA) is 359 Å². The van der Waals surface area contributed by atoms with E-state index in [-0.39, 0.29) is 42.1 Å². The van der Waals surface area contributed by atoms with Crippen molar-refractivity contribution < 1.29 is 71.4 Å². The number of aliphatic hydroxyl groups excluding tert-OH is 2. The summed E-state index contributed by atoms with van der Waals surface area (Å²) in [6.45, 7) is 0.898. The Balaban J connectivity index is 1.36. The number of aliphatic hydroxyl groups is 2. The molecule has 0 spiro atoms. The Bertz CT molecular complexity index is 2030. The highest BCUT2D eigenvalue weighted by Gasteiger charge is 2.50. The van der Waals surface area contributed by atoms with Crippen LogP contribution in [-0.4, -0.2) is 134 Å². The Morgan fingerprint density at radius 3 is 2.53 bits per heavy atom. The van der Waals surface area contributed by atoms with E-state index in [2.05, 4.69) is 31.0 Å². The summed E-state index contributed by atoms with van der Waals surface area (Å²) in [6, 6.07) is -0.270. The Kier molecular flexibility index (Phi) is 13.2. The number of nitrogen functional groups attached to an aromatic ring is 2. The summed E-state index contributed by atoms with van der Waals surface area (Å²) in [5.74, 6) is -1.82. The molecular formula is C28H39N9O16P2. The van der Waals surface area contributed by atoms with Gasteiger partial charge in [0.05, 0.1) is 26.1 Å². The van der Waals surface area contributed by atoms with Gasteiger partial charge in [-0.25, -0.2) is 33.7 Å². The third-order valence-electron chi connectivity index (χ3n) is 8.51. The highest BCUT2D eigenvalue weighted by Crippen LogP contribution is 2.50. The third kappa shape index (κ3) is 9.96. The molecular weight excluding hydrogens is 780 g/mol. The van der Waals surface area contributed by atoms with Crippen molar-refractivity contribution in [3.05, 3.63) is 48.1 Å². The van der Waals surface area contributed by atoms with Gasteiger partial charge in [-0.1, -0.05) is 6.08 Å². The zero-order chi connectivity index (χ0) is 40.2. The van der Waals surface area contributed by atoms with Crippen LogP contribution >= 0.6 is 15.6 Å². The number of aromatic nitrogens is 6. The number of nitrogens with zero attached hydrogens (tertiary/aromatic N) is 7. The van der Waals surface area contributed by atoms with Crippen molar-refractivity contribution in [1.82, 2.24) is 34.0 Å². The fourth-order valence-electron chi connectivity index (χ4n) is 5.75. The number of amides is 1. The summed E-state index contributed by atoms with van der Waals surface area (Å²) in [7, 11) is -9.02. The molecule has 2 fully saturated rings. The van der Waals surface area contributed by atoms with E-state index in [4.69, 9.17) is 34.7 Å². The van der Waals surface area contributed by atoms with Crippen LogP contribution < -0.4 is 17.2 Å². The Hall–Kier alpha value is -4.23. The summed E-state index contributed by atoms with van der Waals surface area (Å²) >= 11 is 0. The molecule has 9 N–H and O–H groups in total. The van der Waals surface area contributed by atoms with Crippen LogP contribution in [0, 0.1) is 0 Å². The lowest BCUT2D eigenvalue weighted by Gasteiger charge is -2.28. The van der Waals surface area contributed by atoms with Gasteiger partial charge in [-0.15, -0.1) is 6.58 Å². The van der Waals surface area contributed by atoms with Crippen molar-refractivity contribution in [2.45, 2.75) is 68.3 Å². The predicted octanol–water partition coefficient (Wildman–Crippen LogP) is -1.90. The molecule has 0 bridgehead atoms. The highest BCUT2D eigenvalue weighted by atomic mass is 31.2. The number of hydrogen-bond donors (Lipinski definition) is 7. The number of likely N-dealkylation sites (N-methyl/N-ethyl adjacent to an activating group) is 1. The normalized spacial score (nSPS) is 25.7. The van der Waals surface area contributed by atoms with Crippen LogP contribution in [0.1, 0.15) is 31.7 Å². The molecule has 2 aliphatic rings. The van der Waals surface area contributed by atoms with E-state index in [1.165, 1.54) is 36.3 Å². The molecule has 0 aromatic carbocycles. The minimum absolute atomic E-state index is 0.00688. The predicted molar refractivity (Wildman–Crippen MR) is 183 cm³/mol. The second-order valence-electron chi connectivity index (χ2n) is 12.2. The van der Waals surface area contributed by atoms with E-state index in [1.54, 1.807) is 0 Å². The number of allylic oxidation sites excluding steroid dienone is 1. The van der Waals surface area contributed by atoms with Crippen LogP contribution in [0.2, 0.25) is 0 Å². The van der Waals surface area contributed by atoms with Crippen LogP contribution in [0.4, 0.5) is 11.6 Å². The number of rotatable bonds is 17. The summed E-state index contributed by atoms with van der Waals surface area (Å²) in [6.07, 6.45) is -5.66. The number of hydrogen-bond acceptors (Lipinski definition) is 19. The van der Waals surface area contributed by atoms with Gasteiger partial charge in [-0.2, -0.15) is 4.98 Å². The Morgan fingerprint density at radius 2 is 1.85 bits per heavy atom. The van der Waals surface area contributed by atoms with Gasteiger partial charge in [0, 0.05) is 26.1 Å². The molecule has 302 valence electrons. The maximum Gasteiger partial charge on any atom is 0.472 e. The molecule has 2 aliphatic heterocycles. The minimum Gasteiger partial charge on any atom is -0.455 e. The molecule has 1 amide bonds. The molecule has 0 aliphatic carbocycles. The molecule has 3 aromatic heterocycles. The second kappa shape index (κ2) is 17.3. The standard InChI is InChI=1S/C28H39N9O16P2/c1-3-4-5-19(39)35(2)14(9-38)27(41)52-23-17(51-26(22(23)40)37-13-33-21-24(30)31-12-32-25(21)37)11-49-55(46,47)53-15-8-20(36-7-6-18(29)34-28(36)42)50-16(15)10-48-54(43,44)45/h3,6-7,12-17,20,22-23,26,38,40H,1,4-5,8-11H2,2H3,(H,46,47)(H2,29,34,42)(H2,30,31,32)(H2,43,44,45)/t14?,15-,16+,17+,20+,22+,23+,26+/m0/s1. The fraction of sp³-hybridized carbons (Fsp3) is 0.536. The number of fused-ring (bicyclic) bond motifs is 1. The molecule has 27 heteroatoms.